The molecular formula is C22H27N3O2S. The first kappa shape index (κ1) is 19.3. The summed E-state index contributed by atoms with van der Waals surface area (Å²) >= 11 is 1.56. The number of thiazole rings is 1. The average Bonchev–Trinajstić information content (AvgIpc) is 3.20. The normalized spacial score (nSPS) is 17.1. The van der Waals surface area contributed by atoms with Crippen LogP contribution in [-0.2, 0) is 17.6 Å². The molecule has 0 saturated carbocycles. The summed E-state index contributed by atoms with van der Waals surface area (Å²) in [6, 6.07) is 6.02. The van der Waals surface area contributed by atoms with Crippen molar-refractivity contribution in [1.29, 1.82) is 0 Å². The van der Waals surface area contributed by atoms with Crippen molar-refractivity contribution >= 4 is 28.2 Å². The number of carbonyl (C=O) groups is 2. The first-order chi connectivity index (χ1) is 13.7. The molecule has 1 fully saturated rings. The van der Waals surface area contributed by atoms with Crippen molar-refractivity contribution in [2.24, 2.45) is 0 Å². The zero-order valence-electron chi connectivity index (χ0n) is 16.1. The molecule has 5 nitrogen and oxygen atoms in total. The molecule has 0 spiro atoms. The monoisotopic (exact) mass is 397 g/mol. The lowest BCUT2D eigenvalue weighted by atomic mass is 9.89. The predicted molar refractivity (Wildman–Crippen MR) is 112 cm³/mol. The fraction of sp³-hybridized carbons (Fsp3) is 0.500. The maximum atomic E-state index is 12.5. The van der Waals surface area contributed by atoms with Crippen LogP contribution in [0.2, 0.25) is 0 Å². The quantitative estimate of drug-likeness (QED) is 0.720. The molecule has 0 unspecified atom stereocenters. The van der Waals surface area contributed by atoms with E-state index in [9.17, 15) is 9.59 Å². The van der Waals surface area contributed by atoms with Crippen molar-refractivity contribution in [1.82, 2.24) is 10.3 Å². The summed E-state index contributed by atoms with van der Waals surface area (Å²) < 4.78 is 0. The van der Waals surface area contributed by atoms with Gasteiger partial charge in [-0.2, -0.15) is 0 Å². The van der Waals surface area contributed by atoms with Gasteiger partial charge in [-0.1, -0.05) is 12.1 Å². The van der Waals surface area contributed by atoms with Crippen LogP contribution in [0.25, 0.3) is 0 Å². The first-order valence-electron chi connectivity index (χ1n) is 10.3. The van der Waals surface area contributed by atoms with Gasteiger partial charge < -0.3 is 10.6 Å². The topological polar surface area (TPSA) is 71.1 Å². The lowest BCUT2D eigenvalue weighted by Gasteiger charge is -2.20. The Morgan fingerprint density at radius 1 is 1.11 bits per heavy atom. The molecule has 2 aliphatic rings. The minimum atomic E-state index is -0.141. The van der Waals surface area contributed by atoms with Gasteiger partial charge in [0.25, 0.3) is 0 Å². The minimum Gasteiger partial charge on any atom is -0.317 e. The molecule has 1 aliphatic heterocycles. The number of amides is 1. The summed E-state index contributed by atoms with van der Waals surface area (Å²) in [5.41, 5.74) is 3.40. The first-order valence-corrected chi connectivity index (χ1v) is 11.1. The number of benzene rings is 1. The Kier molecular flexibility index (Phi) is 6.17. The van der Waals surface area contributed by atoms with Gasteiger partial charge in [-0.05, 0) is 74.7 Å². The van der Waals surface area contributed by atoms with Gasteiger partial charge in [0.05, 0.1) is 0 Å². The van der Waals surface area contributed by atoms with Crippen molar-refractivity contribution < 1.29 is 9.59 Å². The number of Topliss-reactive ketones (excluding diaryl/α,β-unsaturated/α-hetero) is 1. The predicted octanol–water partition coefficient (Wildman–Crippen LogP) is 4.09. The number of hydrogen-bond acceptors (Lipinski definition) is 5. The van der Waals surface area contributed by atoms with Crippen LogP contribution in [0.15, 0.2) is 24.4 Å². The van der Waals surface area contributed by atoms with Gasteiger partial charge >= 0.3 is 0 Å². The van der Waals surface area contributed by atoms with E-state index in [0.29, 0.717) is 11.0 Å². The van der Waals surface area contributed by atoms with Crippen LogP contribution >= 0.6 is 11.3 Å². The van der Waals surface area contributed by atoms with Crippen LogP contribution in [0.5, 0.6) is 0 Å². The molecule has 0 radical (unpaired) electrons. The highest BCUT2D eigenvalue weighted by Gasteiger charge is 2.19. The highest BCUT2D eigenvalue weighted by atomic mass is 32.1. The average molecular weight is 398 g/mol. The third kappa shape index (κ3) is 4.67. The van der Waals surface area contributed by atoms with E-state index < -0.39 is 0 Å². The van der Waals surface area contributed by atoms with E-state index >= 15 is 0 Å². The molecule has 4 rings (SSSR count). The lowest BCUT2D eigenvalue weighted by molar-refractivity contribution is -0.116. The number of fused-ring (bicyclic) bond motifs is 1. The molecule has 0 atom stereocenters. The van der Waals surface area contributed by atoms with Crippen LogP contribution in [0.4, 0.5) is 5.13 Å². The van der Waals surface area contributed by atoms with E-state index in [-0.39, 0.29) is 24.5 Å². The number of anilines is 1. The molecule has 1 amide bonds. The van der Waals surface area contributed by atoms with E-state index in [2.05, 4.69) is 21.7 Å². The smallest absolute Gasteiger partial charge is 0.226 e. The maximum absolute atomic E-state index is 12.5. The Balaban J connectivity index is 1.28. The highest BCUT2D eigenvalue weighted by Crippen LogP contribution is 2.31. The molecule has 1 aromatic heterocycles. The molecule has 6 heteroatoms. The molecule has 148 valence electrons. The Hall–Kier alpha value is -2.05. The summed E-state index contributed by atoms with van der Waals surface area (Å²) in [5, 5.41) is 6.86. The Morgan fingerprint density at radius 3 is 2.71 bits per heavy atom. The zero-order valence-corrected chi connectivity index (χ0v) is 16.9. The third-order valence-corrected chi connectivity index (χ3v) is 6.84. The standard InChI is InChI=1S/C22H27N3O2S/c26-19(18-6-5-15-3-1-2-4-17(15)13-18)7-8-21(27)25-22-24-14-20(28-22)16-9-11-23-12-10-16/h5-6,13-14,16,23H,1-4,7-12H2,(H,24,25,27). The molecule has 28 heavy (non-hydrogen) atoms. The molecule has 2 N–H and O–H groups in total. The van der Waals surface area contributed by atoms with Gasteiger partial charge in [0, 0.05) is 29.5 Å². The number of carbonyl (C=O) groups excluding carboxylic acids is 2. The van der Waals surface area contributed by atoms with E-state index in [1.54, 1.807) is 11.3 Å². The molecule has 1 saturated heterocycles. The Bertz CT molecular complexity index is 855. The van der Waals surface area contributed by atoms with E-state index in [1.807, 2.05) is 18.3 Å². The summed E-state index contributed by atoms with van der Waals surface area (Å²) in [6.45, 7) is 2.07. The van der Waals surface area contributed by atoms with Crippen LogP contribution in [0.1, 0.15) is 70.8 Å². The summed E-state index contributed by atoms with van der Waals surface area (Å²) in [6.07, 6.45) is 9.14. The number of hydrogen-bond donors (Lipinski definition) is 2. The van der Waals surface area contributed by atoms with Gasteiger partial charge in [-0.3, -0.25) is 9.59 Å². The molecule has 0 bridgehead atoms. The van der Waals surface area contributed by atoms with Gasteiger partial charge in [0.2, 0.25) is 5.91 Å². The summed E-state index contributed by atoms with van der Waals surface area (Å²) in [4.78, 5) is 30.3. The second kappa shape index (κ2) is 8.97. The molecule has 2 heterocycles. The van der Waals surface area contributed by atoms with Crippen molar-refractivity contribution in [3.8, 4) is 0 Å². The molecular weight excluding hydrogens is 370 g/mol. The fourth-order valence-corrected chi connectivity index (χ4v) is 5.10. The molecule has 1 aromatic carbocycles. The number of aryl methyl sites for hydroxylation is 2. The van der Waals surface area contributed by atoms with Crippen LogP contribution < -0.4 is 10.6 Å². The van der Waals surface area contributed by atoms with E-state index in [0.717, 1.165) is 44.3 Å². The maximum Gasteiger partial charge on any atom is 0.226 e. The molecule has 2 aromatic rings. The number of piperidine rings is 1. The SMILES string of the molecule is O=C(CCC(=O)c1ccc2c(c1)CCCC2)Nc1ncc(C2CCNCC2)s1. The van der Waals surface area contributed by atoms with Gasteiger partial charge in [-0.15, -0.1) is 11.3 Å². The second-order valence-corrected chi connectivity index (χ2v) is 8.82. The van der Waals surface area contributed by atoms with Gasteiger partial charge in [0.15, 0.2) is 10.9 Å². The number of ketones is 1. The zero-order chi connectivity index (χ0) is 19.3. The van der Waals surface area contributed by atoms with Crippen molar-refractivity contribution in [2.75, 3.05) is 18.4 Å². The third-order valence-electron chi connectivity index (χ3n) is 5.76. The number of nitrogens with one attached hydrogen (secondary N) is 2. The van der Waals surface area contributed by atoms with Crippen LogP contribution in [-0.4, -0.2) is 29.8 Å². The summed E-state index contributed by atoms with van der Waals surface area (Å²) in [7, 11) is 0. The van der Waals surface area contributed by atoms with Gasteiger partial charge in [-0.25, -0.2) is 4.98 Å². The Morgan fingerprint density at radius 2 is 1.89 bits per heavy atom. The summed E-state index contributed by atoms with van der Waals surface area (Å²) in [5.74, 6) is 0.436. The van der Waals surface area contributed by atoms with Crippen LogP contribution in [0.3, 0.4) is 0 Å². The van der Waals surface area contributed by atoms with Crippen molar-refractivity contribution in [2.45, 2.75) is 57.3 Å². The van der Waals surface area contributed by atoms with Crippen molar-refractivity contribution in [3.63, 3.8) is 0 Å². The lowest BCUT2D eigenvalue weighted by Crippen LogP contribution is -2.26. The van der Waals surface area contributed by atoms with Crippen molar-refractivity contribution in [3.05, 3.63) is 46.0 Å². The molecule has 1 aliphatic carbocycles. The van der Waals surface area contributed by atoms with Gasteiger partial charge in [0.1, 0.15) is 0 Å². The van der Waals surface area contributed by atoms with E-state index in [4.69, 9.17) is 0 Å². The van der Waals surface area contributed by atoms with E-state index in [1.165, 1.54) is 28.8 Å². The minimum absolute atomic E-state index is 0.0399. The van der Waals surface area contributed by atoms with Crippen LogP contribution in [0, 0.1) is 0 Å². The Labute approximate surface area is 170 Å². The number of rotatable bonds is 6. The highest BCUT2D eigenvalue weighted by molar-refractivity contribution is 7.15. The second-order valence-electron chi connectivity index (χ2n) is 7.75. The fourth-order valence-electron chi connectivity index (χ4n) is 4.10. The number of aromatic nitrogens is 1. The number of nitrogens with zero attached hydrogens (tertiary/aromatic N) is 1. The largest absolute Gasteiger partial charge is 0.317 e.